The maximum absolute atomic E-state index is 13.4. The van der Waals surface area contributed by atoms with Crippen LogP contribution in [0.1, 0.15) is 28.7 Å². The number of likely N-dealkylation sites (N-methyl/N-ethyl adjacent to an activating group) is 1. The van der Waals surface area contributed by atoms with Gasteiger partial charge in [-0.3, -0.25) is 9.59 Å². The Bertz CT molecular complexity index is 986. The van der Waals surface area contributed by atoms with Gasteiger partial charge in [-0.25, -0.2) is 0 Å². The zero-order valence-corrected chi connectivity index (χ0v) is 18.3. The van der Waals surface area contributed by atoms with Crippen molar-refractivity contribution in [1.29, 1.82) is 0 Å². The smallest absolute Gasteiger partial charge is 0.242 e. The van der Waals surface area contributed by atoms with Crippen molar-refractivity contribution in [2.75, 3.05) is 7.05 Å². The first-order valence-electron chi connectivity index (χ1n) is 10.7. The van der Waals surface area contributed by atoms with Crippen LogP contribution in [-0.4, -0.2) is 29.8 Å². The lowest BCUT2D eigenvalue weighted by Crippen LogP contribution is -2.49. The fourth-order valence-corrected chi connectivity index (χ4v) is 3.73. The van der Waals surface area contributed by atoms with Gasteiger partial charge in [0.2, 0.25) is 11.8 Å². The summed E-state index contributed by atoms with van der Waals surface area (Å²) < 4.78 is 0. The van der Waals surface area contributed by atoms with Crippen LogP contribution in [0.25, 0.3) is 0 Å². The second kappa shape index (κ2) is 11.1. The predicted octanol–water partition coefficient (Wildman–Crippen LogP) is 4.31. The Labute approximate surface area is 184 Å². The number of aryl methyl sites for hydroxylation is 2. The number of carbonyl (C=O) groups excluding carboxylic acids is 2. The van der Waals surface area contributed by atoms with E-state index in [0.29, 0.717) is 25.8 Å². The van der Waals surface area contributed by atoms with Crippen LogP contribution < -0.4 is 5.32 Å². The van der Waals surface area contributed by atoms with E-state index in [4.69, 9.17) is 0 Å². The lowest BCUT2D eigenvalue weighted by molar-refractivity contribution is -0.141. The van der Waals surface area contributed by atoms with Crippen LogP contribution in [0.2, 0.25) is 0 Å². The lowest BCUT2D eigenvalue weighted by atomic mass is 10.0. The van der Waals surface area contributed by atoms with Crippen LogP contribution in [-0.2, 0) is 29.0 Å². The van der Waals surface area contributed by atoms with E-state index in [1.807, 2.05) is 91.9 Å². The molecular formula is C27H30N2O2. The largest absolute Gasteiger partial charge is 0.357 e. The van der Waals surface area contributed by atoms with Crippen LogP contribution in [0, 0.1) is 6.92 Å². The fourth-order valence-electron chi connectivity index (χ4n) is 3.73. The number of nitrogens with zero attached hydrogens (tertiary/aromatic N) is 1. The molecule has 3 aromatic carbocycles. The summed E-state index contributed by atoms with van der Waals surface area (Å²) in [6, 6.07) is 27.3. The quantitative estimate of drug-likeness (QED) is 0.567. The van der Waals surface area contributed by atoms with Gasteiger partial charge in [-0.1, -0.05) is 84.9 Å². The summed E-state index contributed by atoms with van der Waals surface area (Å²) in [5.41, 5.74) is 4.31. The van der Waals surface area contributed by atoms with Crippen LogP contribution in [0.5, 0.6) is 0 Å². The van der Waals surface area contributed by atoms with Crippen LogP contribution >= 0.6 is 0 Å². The summed E-state index contributed by atoms with van der Waals surface area (Å²) in [6.45, 7) is 2.44. The molecule has 3 aromatic rings. The summed E-state index contributed by atoms with van der Waals surface area (Å²) in [5, 5.41) is 2.76. The number of hydrogen-bond acceptors (Lipinski definition) is 2. The summed E-state index contributed by atoms with van der Waals surface area (Å²) in [4.78, 5) is 28.1. The van der Waals surface area contributed by atoms with E-state index in [1.165, 1.54) is 0 Å². The first-order valence-corrected chi connectivity index (χ1v) is 10.7. The molecule has 160 valence electrons. The summed E-state index contributed by atoms with van der Waals surface area (Å²) in [6.07, 6.45) is 1.48. The molecule has 0 aliphatic carbocycles. The second-order valence-electron chi connectivity index (χ2n) is 7.75. The molecule has 4 nitrogen and oxygen atoms in total. The Hall–Kier alpha value is -3.40. The molecule has 4 heteroatoms. The highest BCUT2D eigenvalue weighted by atomic mass is 16.2. The molecule has 0 saturated heterocycles. The van der Waals surface area contributed by atoms with E-state index < -0.39 is 6.04 Å². The molecule has 1 unspecified atom stereocenters. The predicted molar refractivity (Wildman–Crippen MR) is 124 cm³/mol. The van der Waals surface area contributed by atoms with Crippen LogP contribution in [0.15, 0.2) is 84.9 Å². The van der Waals surface area contributed by atoms with E-state index in [0.717, 1.165) is 22.3 Å². The molecule has 0 saturated carbocycles. The Morgan fingerprint density at radius 1 is 0.839 bits per heavy atom. The van der Waals surface area contributed by atoms with Crippen molar-refractivity contribution in [2.45, 2.75) is 38.8 Å². The number of carbonyl (C=O) groups is 2. The highest BCUT2D eigenvalue weighted by Crippen LogP contribution is 2.18. The standard InChI is InChI=1S/C27H30N2O2/c1-21-11-9-10-16-24(21)20-29(26(30)18-17-22-12-5-3-6-13-22)25(27(31)28-2)19-23-14-7-4-8-15-23/h3-16,25H,17-20H2,1-2H3,(H,28,31). The molecule has 3 rings (SSSR count). The van der Waals surface area contributed by atoms with Gasteiger partial charge in [0.15, 0.2) is 0 Å². The zero-order valence-electron chi connectivity index (χ0n) is 18.3. The number of rotatable bonds is 9. The SMILES string of the molecule is CNC(=O)C(Cc1ccccc1)N(Cc1ccccc1C)C(=O)CCc1ccccc1. The molecule has 31 heavy (non-hydrogen) atoms. The van der Waals surface area contributed by atoms with Crippen molar-refractivity contribution < 1.29 is 9.59 Å². The van der Waals surface area contributed by atoms with Gasteiger partial charge in [0.1, 0.15) is 6.04 Å². The maximum atomic E-state index is 13.4. The third kappa shape index (κ3) is 6.29. The molecule has 0 aliphatic rings. The molecule has 0 heterocycles. The molecule has 1 N–H and O–H groups in total. The Balaban J connectivity index is 1.88. The van der Waals surface area contributed by atoms with Crippen LogP contribution in [0.3, 0.4) is 0 Å². The second-order valence-corrected chi connectivity index (χ2v) is 7.75. The summed E-state index contributed by atoms with van der Waals surface area (Å²) in [7, 11) is 1.63. The Kier molecular flexibility index (Phi) is 7.99. The van der Waals surface area contributed by atoms with E-state index in [-0.39, 0.29) is 11.8 Å². The summed E-state index contributed by atoms with van der Waals surface area (Å²) in [5.74, 6) is -0.165. The van der Waals surface area contributed by atoms with Gasteiger partial charge in [-0.05, 0) is 35.6 Å². The molecule has 1 atom stereocenters. The van der Waals surface area contributed by atoms with E-state index in [1.54, 1.807) is 11.9 Å². The molecule has 0 aliphatic heterocycles. The van der Waals surface area contributed by atoms with E-state index in [2.05, 4.69) is 5.32 Å². The molecule has 2 amide bonds. The minimum atomic E-state index is -0.574. The third-order valence-electron chi connectivity index (χ3n) is 5.59. The Morgan fingerprint density at radius 3 is 2.03 bits per heavy atom. The normalized spacial score (nSPS) is 11.5. The molecule has 0 fully saturated rings. The molecule has 0 aromatic heterocycles. The van der Waals surface area contributed by atoms with Gasteiger partial charge in [-0.2, -0.15) is 0 Å². The first kappa shape index (κ1) is 22.3. The summed E-state index contributed by atoms with van der Waals surface area (Å²) >= 11 is 0. The van der Waals surface area contributed by atoms with Crippen LogP contribution in [0.4, 0.5) is 0 Å². The van der Waals surface area contributed by atoms with Gasteiger partial charge in [0.25, 0.3) is 0 Å². The van der Waals surface area contributed by atoms with Crippen molar-refractivity contribution in [3.63, 3.8) is 0 Å². The minimum absolute atomic E-state index is 0.0170. The fraction of sp³-hybridized carbons (Fsp3) is 0.259. The number of amides is 2. The minimum Gasteiger partial charge on any atom is -0.357 e. The van der Waals surface area contributed by atoms with Crippen molar-refractivity contribution in [2.24, 2.45) is 0 Å². The van der Waals surface area contributed by atoms with Crippen molar-refractivity contribution in [3.8, 4) is 0 Å². The topological polar surface area (TPSA) is 49.4 Å². The van der Waals surface area contributed by atoms with Gasteiger partial charge >= 0.3 is 0 Å². The lowest BCUT2D eigenvalue weighted by Gasteiger charge is -2.31. The number of nitrogens with one attached hydrogen (secondary N) is 1. The van der Waals surface area contributed by atoms with E-state index >= 15 is 0 Å². The van der Waals surface area contributed by atoms with Gasteiger partial charge in [-0.15, -0.1) is 0 Å². The van der Waals surface area contributed by atoms with Crippen molar-refractivity contribution in [1.82, 2.24) is 10.2 Å². The molecule has 0 spiro atoms. The van der Waals surface area contributed by atoms with E-state index in [9.17, 15) is 9.59 Å². The number of benzene rings is 3. The third-order valence-corrected chi connectivity index (χ3v) is 5.59. The molecule has 0 bridgehead atoms. The molecule has 0 radical (unpaired) electrons. The van der Waals surface area contributed by atoms with Gasteiger partial charge in [0, 0.05) is 26.4 Å². The zero-order chi connectivity index (χ0) is 22.1. The van der Waals surface area contributed by atoms with Gasteiger partial charge < -0.3 is 10.2 Å². The van der Waals surface area contributed by atoms with Gasteiger partial charge in [0.05, 0.1) is 0 Å². The maximum Gasteiger partial charge on any atom is 0.242 e. The highest BCUT2D eigenvalue weighted by molar-refractivity contribution is 5.88. The monoisotopic (exact) mass is 414 g/mol. The average Bonchev–Trinajstić information content (AvgIpc) is 2.81. The average molecular weight is 415 g/mol. The Morgan fingerprint density at radius 2 is 1.42 bits per heavy atom. The van der Waals surface area contributed by atoms with Crippen molar-refractivity contribution >= 4 is 11.8 Å². The van der Waals surface area contributed by atoms with Crippen molar-refractivity contribution in [3.05, 3.63) is 107 Å². The number of hydrogen-bond donors (Lipinski definition) is 1. The first-order chi connectivity index (χ1) is 15.1. The highest BCUT2D eigenvalue weighted by Gasteiger charge is 2.29. The molecular weight excluding hydrogens is 384 g/mol.